The van der Waals surface area contributed by atoms with E-state index in [2.05, 4.69) is 25.2 Å². The van der Waals surface area contributed by atoms with E-state index >= 15 is 0 Å². The smallest absolute Gasteiger partial charge is 0.122 e. The van der Waals surface area contributed by atoms with Gasteiger partial charge in [-0.25, -0.2) is 0 Å². The average molecular weight is 237 g/mol. The zero-order chi connectivity index (χ0) is 12.5. The van der Waals surface area contributed by atoms with E-state index < -0.39 is 0 Å². The standard InChI is InChI=1S/C14H23NO2/c1-4-12-8-6-7-9-14(12)17-11-13(10-16-3)15-5-2/h6-9,13,15H,4-5,10-11H2,1-3H3. The Hall–Kier alpha value is -1.06. The summed E-state index contributed by atoms with van der Waals surface area (Å²) in [6.07, 6.45) is 0.992. The number of rotatable bonds is 8. The van der Waals surface area contributed by atoms with Gasteiger partial charge in [0.1, 0.15) is 12.4 Å². The molecule has 3 nitrogen and oxygen atoms in total. The van der Waals surface area contributed by atoms with Crippen molar-refractivity contribution in [3.05, 3.63) is 29.8 Å². The van der Waals surface area contributed by atoms with E-state index in [1.807, 2.05) is 18.2 Å². The van der Waals surface area contributed by atoms with Crippen LogP contribution in [0.2, 0.25) is 0 Å². The number of para-hydroxylation sites is 1. The van der Waals surface area contributed by atoms with Crippen LogP contribution in [0.5, 0.6) is 5.75 Å². The number of likely N-dealkylation sites (N-methyl/N-ethyl adjacent to an activating group) is 1. The molecule has 0 amide bonds. The molecule has 1 aromatic rings. The Balaban J connectivity index is 2.52. The normalized spacial score (nSPS) is 12.4. The number of benzene rings is 1. The van der Waals surface area contributed by atoms with Gasteiger partial charge in [0.2, 0.25) is 0 Å². The first-order valence-electron chi connectivity index (χ1n) is 6.24. The van der Waals surface area contributed by atoms with Gasteiger partial charge in [0.05, 0.1) is 12.6 Å². The average Bonchev–Trinajstić information content (AvgIpc) is 2.37. The first-order chi connectivity index (χ1) is 8.31. The summed E-state index contributed by atoms with van der Waals surface area (Å²) in [5, 5.41) is 3.34. The lowest BCUT2D eigenvalue weighted by Crippen LogP contribution is -2.38. The van der Waals surface area contributed by atoms with Crippen molar-refractivity contribution in [2.45, 2.75) is 26.3 Å². The van der Waals surface area contributed by atoms with Gasteiger partial charge in [-0.1, -0.05) is 32.0 Å². The summed E-state index contributed by atoms with van der Waals surface area (Å²) in [4.78, 5) is 0. The SMILES string of the molecule is CCNC(COC)COc1ccccc1CC. The fourth-order valence-electron chi connectivity index (χ4n) is 1.78. The van der Waals surface area contributed by atoms with E-state index in [4.69, 9.17) is 9.47 Å². The third kappa shape index (κ3) is 4.75. The molecule has 1 unspecified atom stereocenters. The quantitative estimate of drug-likeness (QED) is 0.752. The molecule has 1 aromatic carbocycles. The van der Waals surface area contributed by atoms with E-state index in [9.17, 15) is 0 Å². The molecule has 0 fully saturated rings. The summed E-state index contributed by atoms with van der Waals surface area (Å²) < 4.78 is 11.0. The van der Waals surface area contributed by atoms with E-state index in [0.717, 1.165) is 18.7 Å². The van der Waals surface area contributed by atoms with Gasteiger partial charge < -0.3 is 14.8 Å². The molecule has 0 saturated heterocycles. The van der Waals surface area contributed by atoms with E-state index in [1.165, 1.54) is 5.56 Å². The fraction of sp³-hybridized carbons (Fsp3) is 0.571. The molecule has 3 heteroatoms. The molecule has 0 aliphatic heterocycles. The highest BCUT2D eigenvalue weighted by Crippen LogP contribution is 2.18. The van der Waals surface area contributed by atoms with Crippen LogP contribution in [0.15, 0.2) is 24.3 Å². The first-order valence-corrected chi connectivity index (χ1v) is 6.24. The summed E-state index contributed by atoms with van der Waals surface area (Å²) in [5.41, 5.74) is 1.25. The van der Waals surface area contributed by atoms with Crippen LogP contribution in [0.3, 0.4) is 0 Å². The molecule has 0 heterocycles. The van der Waals surface area contributed by atoms with Crippen molar-refractivity contribution in [1.29, 1.82) is 0 Å². The Morgan fingerprint density at radius 1 is 1.18 bits per heavy atom. The summed E-state index contributed by atoms with van der Waals surface area (Å²) in [6, 6.07) is 8.42. The van der Waals surface area contributed by atoms with Gasteiger partial charge in [-0.3, -0.25) is 0 Å². The van der Waals surface area contributed by atoms with Crippen LogP contribution in [-0.4, -0.2) is 32.9 Å². The van der Waals surface area contributed by atoms with Gasteiger partial charge >= 0.3 is 0 Å². The predicted molar refractivity (Wildman–Crippen MR) is 70.7 cm³/mol. The summed E-state index contributed by atoms with van der Waals surface area (Å²) in [6.45, 7) is 6.45. The Labute approximate surface area is 104 Å². The van der Waals surface area contributed by atoms with Crippen LogP contribution >= 0.6 is 0 Å². The Morgan fingerprint density at radius 2 is 1.94 bits per heavy atom. The molecule has 17 heavy (non-hydrogen) atoms. The molecule has 1 N–H and O–H groups in total. The van der Waals surface area contributed by atoms with Crippen LogP contribution in [0.25, 0.3) is 0 Å². The Kier molecular flexibility index (Phi) is 6.67. The van der Waals surface area contributed by atoms with Gasteiger partial charge in [-0.2, -0.15) is 0 Å². The summed E-state index contributed by atoms with van der Waals surface area (Å²) in [5.74, 6) is 0.981. The summed E-state index contributed by atoms with van der Waals surface area (Å²) in [7, 11) is 1.71. The minimum atomic E-state index is 0.245. The van der Waals surface area contributed by atoms with Crippen molar-refractivity contribution in [2.24, 2.45) is 0 Å². The molecule has 96 valence electrons. The van der Waals surface area contributed by atoms with E-state index in [0.29, 0.717) is 13.2 Å². The Bertz CT molecular complexity index is 309. The molecule has 0 spiro atoms. The highest BCUT2D eigenvalue weighted by atomic mass is 16.5. The topological polar surface area (TPSA) is 30.5 Å². The monoisotopic (exact) mass is 237 g/mol. The van der Waals surface area contributed by atoms with Crippen LogP contribution in [0.4, 0.5) is 0 Å². The minimum absolute atomic E-state index is 0.245. The number of hydrogen-bond acceptors (Lipinski definition) is 3. The second-order valence-electron chi connectivity index (χ2n) is 3.98. The second-order valence-corrected chi connectivity index (χ2v) is 3.98. The van der Waals surface area contributed by atoms with Crippen molar-refractivity contribution in [2.75, 3.05) is 26.9 Å². The number of nitrogens with one attached hydrogen (secondary N) is 1. The van der Waals surface area contributed by atoms with Crippen LogP contribution in [0, 0.1) is 0 Å². The molecular weight excluding hydrogens is 214 g/mol. The fourth-order valence-corrected chi connectivity index (χ4v) is 1.78. The van der Waals surface area contributed by atoms with E-state index in [1.54, 1.807) is 7.11 Å². The summed E-state index contributed by atoms with van der Waals surface area (Å²) >= 11 is 0. The number of ether oxygens (including phenoxy) is 2. The van der Waals surface area contributed by atoms with Crippen molar-refractivity contribution in [1.82, 2.24) is 5.32 Å². The molecule has 0 radical (unpaired) electrons. The Morgan fingerprint density at radius 3 is 2.59 bits per heavy atom. The highest BCUT2D eigenvalue weighted by Gasteiger charge is 2.08. The molecular formula is C14H23NO2. The van der Waals surface area contributed by atoms with Crippen LogP contribution < -0.4 is 10.1 Å². The number of aryl methyl sites for hydroxylation is 1. The van der Waals surface area contributed by atoms with Gasteiger partial charge in [0.25, 0.3) is 0 Å². The molecule has 0 saturated carbocycles. The van der Waals surface area contributed by atoms with Gasteiger partial charge in [-0.05, 0) is 24.6 Å². The number of hydrogen-bond donors (Lipinski definition) is 1. The lowest BCUT2D eigenvalue weighted by molar-refractivity contribution is 0.136. The zero-order valence-electron chi connectivity index (χ0n) is 11.0. The van der Waals surface area contributed by atoms with E-state index in [-0.39, 0.29) is 6.04 Å². The first kappa shape index (κ1) is 14.0. The predicted octanol–water partition coefficient (Wildman–Crippen LogP) is 2.25. The maximum Gasteiger partial charge on any atom is 0.122 e. The molecule has 0 aliphatic rings. The third-order valence-corrected chi connectivity index (χ3v) is 2.65. The van der Waals surface area contributed by atoms with Crippen molar-refractivity contribution in [3.8, 4) is 5.75 Å². The maximum absolute atomic E-state index is 5.85. The molecule has 0 bridgehead atoms. The maximum atomic E-state index is 5.85. The van der Waals surface area contributed by atoms with Gasteiger partial charge in [0.15, 0.2) is 0 Å². The van der Waals surface area contributed by atoms with Crippen molar-refractivity contribution in [3.63, 3.8) is 0 Å². The molecule has 0 aromatic heterocycles. The molecule has 0 aliphatic carbocycles. The van der Waals surface area contributed by atoms with Gasteiger partial charge in [0, 0.05) is 7.11 Å². The van der Waals surface area contributed by atoms with Crippen molar-refractivity contribution >= 4 is 0 Å². The largest absolute Gasteiger partial charge is 0.492 e. The second kappa shape index (κ2) is 8.09. The van der Waals surface area contributed by atoms with Gasteiger partial charge in [-0.15, -0.1) is 0 Å². The number of methoxy groups -OCH3 is 1. The molecule has 1 atom stereocenters. The zero-order valence-corrected chi connectivity index (χ0v) is 11.0. The van der Waals surface area contributed by atoms with Crippen LogP contribution in [-0.2, 0) is 11.2 Å². The van der Waals surface area contributed by atoms with Crippen molar-refractivity contribution < 1.29 is 9.47 Å². The lowest BCUT2D eigenvalue weighted by Gasteiger charge is -2.18. The molecule has 1 rings (SSSR count). The third-order valence-electron chi connectivity index (χ3n) is 2.65. The lowest BCUT2D eigenvalue weighted by atomic mass is 10.1. The minimum Gasteiger partial charge on any atom is -0.492 e. The highest BCUT2D eigenvalue weighted by molar-refractivity contribution is 5.33. The van der Waals surface area contributed by atoms with Crippen LogP contribution in [0.1, 0.15) is 19.4 Å².